The molecule has 13 heteroatoms. The number of halogens is 3. The van der Waals surface area contributed by atoms with E-state index in [1.165, 1.54) is 49.4 Å². The smallest absolute Gasteiger partial charge is 0.391 e. The number of carbonyl (C=O) groups excluding carboxylic acids is 4. The zero-order chi connectivity index (χ0) is 26.9. The predicted molar refractivity (Wildman–Crippen MR) is 123 cm³/mol. The molecule has 1 aromatic heterocycles. The van der Waals surface area contributed by atoms with E-state index in [0.717, 1.165) is 4.57 Å². The van der Waals surface area contributed by atoms with Gasteiger partial charge < -0.3 is 24.8 Å². The SMILES string of the molecule is COC(=O)C=CCCC(NC(C)=O)C(=O)Nc1cccn(CC(=O)N2CCC(C(F)(F)F)CC2)c1=O. The van der Waals surface area contributed by atoms with Crippen molar-refractivity contribution >= 4 is 29.4 Å². The van der Waals surface area contributed by atoms with Crippen LogP contribution < -0.4 is 16.2 Å². The van der Waals surface area contributed by atoms with Crippen molar-refractivity contribution in [2.45, 2.75) is 51.4 Å². The van der Waals surface area contributed by atoms with Crippen LogP contribution in [0.4, 0.5) is 18.9 Å². The number of esters is 1. The first kappa shape index (κ1) is 28.6. The summed E-state index contributed by atoms with van der Waals surface area (Å²) in [4.78, 5) is 62.0. The Bertz CT molecular complexity index is 1050. The molecule has 0 spiro atoms. The number of pyridine rings is 1. The van der Waals surface area contributed by atoms with Gasteiger partial charge in [-0.05, 0) is 37.8 Å². The summed E-state index contributed by atoms with van der Waals surface area (Å²) in [7, 11) is 1.22. The van der Waals surface area contributed by atoms with E-state index in [2.05, 4.69) is 15.4 Å². The minimum absolute atomic E-state index is 0.0585. The molecule has 0 saturated carbocycles. The summed E-state index contributed by atoms with van der Waals surface area (Å²) in [6.45, 7) is 0.712. The molecule has 10 nitrogen and oxygen atoms in total. The molecule has 3 amide bonds. The van der Waals surface area contributed by atoms with Gasteiger partial charge in [0.2, 0.25) is 17.7 Å². The number of ether oxygens (including phenoxy) is 1. The Morgan fingerprint density at radius 3 is 2.47 bits per heavy atom. The van der Waals surface area contributed by atoms with Gasteiger partial charge in [0, 0.05) is 32.3 Å². The quantitative estimate of drug-likeness (QED) is 0.381. The lowest BCUT2D eigenvalue weighted by Gasteiger charge is -2.33. The molecule has 1 aliphatic rings. The largest absolute Gasteiger partial charge is 0.466 e. The van der Waals surface area contributed by atoms with Crippen LogP contribution in [0.15, 0.2) is 35.3 Å². The number of nitrogens with one attached hydrogen (secondary N) is 2. The van der Waals surface area contributed by atoms with Gasteiger partial charge in [-0.1, -0.05) is 6.08 Å². The van der Waals surface area contributed by atoms with Crippen LogP contribution >= 0.6 is 0 Å². The Kier molecular flexibility index (Phi) is 10.2. The minimum atomic E-state index is -4.30. The lowest BCUT2D eigenvalue weighted by atomic mass is 9.96. The number of nitrogens with zero attached hydrogens (tertiary/aromatic N) is 2. The predicted octanol–water partition coefficient (Wildman–Crippen LogP) is 1.60. The zero-order valence-electron chi connectivity index (χ0n) is 20.0. The maximum absolute atomic E-state index is 12.8. The van der Waals surface area contributed by atoms with Gasteiger partial charge in [-0.3, -0.25) is 19.2 Å². The standard InChI is InChI=1S/C23H29F3N4O6/c1-15(31)27-17(6-3-4-8-20(33)36-2)21(34)28-18-7-5-11-30(22(18)35)14-19(32)29-12-9-16(10-13-29)23(24,25)26/h4-5,7-8,11,16-17H,3,6,9-10,12-14H2,1-2H3,(H,27,31)(H,28,34). The van der Waals surface area contributed by atoms with Gasteiger partial charge in [0.05, 0.1) is 13.0 Å². The van der Waals surface area contributed by atoms with Crippen LogP contribution in [-0.2, 0) is 30.5 Å². The number of alkyl halides is 3. The van der Waals surface area contributed by atoms with Crippen molar-refractivity contribution in [2.75, 3.05) is 25.5 Å². The van der Waals surface area contributed by atoms with Crippen LogP contribution in [0.2, 0.25) is 0 Å². The molecule has 2 rings (SSSR count). The van der Waals surface area contributed by atoms with Crippen molar-refractivity contribution in [1.29, 1.82) is 0 Å². The van der Waals surface area contributed by atoms with E-state index in [9.17, 15) is 37.1 Å². The van der Waals surface area contributed by atoms with Gasteiger partial charge in [0.1, 0.15) is 18.3 Å². The number of likely N-dealkylation sites (tertiary alicyclic amines) is 1. The average molecular weight is 515 g/mol. The molecule has 2 heterocycles. The molecule has 0 bridgehead atoms. The lowest BCUT2D eigenvalue weighted by Crippen LogP contribution is -2.45. The molecule has 1 fully saturated rings. The topological polar surface area (TPSA) is 127 Å². The normalized spacial score (nSPS) is 15.4. The number of rotatable bonds is 9. The van der Waals surface area contributed by atoms with E-state index < -0.39 is 53.9 Å². The summed E-state index contributed by atoms with van der Waals surface area (Å²) in [5, 5.41) is 4.91. The molecule has 2 N–H and O–H groups in total. The van der Waals surface area contributed by atoms with Crippen LogP contribution in [0.1, 0.15) is 32.6 Å². The fourth-order valence-electron chi connectivity index (χ4n) is 3.70. The second kappa shape index (κ2) is 12.9. The number of piperidine rings is 1. The number of amides is 3. The van der Waals surface area contributed by atoms with Crippen molar-refractivity contribution in [3.8, 4) is 0 Å². The summed E-state index contributed by atoms with van der Waals surface area (Å²) in [6.07, 6.45) is -0.308. The highest BCUT2D eigenvalue weighted by Crippen LogP contribution is 2.34. The summed E-state index contributed by atoms with van der Waals surface area (Å²) in [5.74, 6) is -3.67. The fraction of sp³-hybridized carbons (Fsp3) is 0.522. The van der Waals surface area contributed by atoms with E-state index in [4.69, 9.17) is 0 Å². The van der Waals surface area contributed by atoms with E-state index in [0.29, 0.717) is 0 Å². The third-order valence-electron chi connectivity index (χ3n) is 5.67. The molecule has 1 atom stereocenters. The van der Waals surface area contributed by atoms with Gasteiger partial charge >= 0.3 is 12.1 Å². The highest BCUT2D eigenvalue weighted by molar-refractivity contribution is 5.96. The summed E-state index contributed by atoms with van der Waals surface area (Å²) < 4.78 is 44.1. The van der Waals surface area contributed by atoms with Crippen LogP contribution in [0.5, 0.6) is 0 Å². The number of anilines is 1. The van der Waals surface area contributed by atoms with Gasteiger partial charge in [-0.25, -0.2) is 4.79 Å². The van der Waals surface area contributed by atoms with Gasteiger partial charge in [-0.2, -0.15) is 13.2 Å². The molecule has 0 aromatic carbocycles. The Hall–Kier alpha value is -3.64. The number of aromatic nitrogens is 1. The van der Waals surface area contributed by atoms with Crippen LogP contribution in [0, 0.1) is 5.92 Å². The minimum Gasteiger partial charge on any atom is -0.466 e. The van der Waals surface area contributed by atoms with Crippen LogP contribution in [0.3, 0.4) is 0 Å². The van der Waals surface area contributed by atoms with Crippen LogP contribution in [-0.4, -0.2) is 65.6 Å². The highest BCUT2D eigenvalue weighted by atomic mass is 19.4. The van der Waals surface area contributed by atoms with Crippen molar-refractivity contribution in [2.24, 2.45) is 5.92 Å². The molecule has 1 unspecified atom stereocenters. The fourth-order valence-corrected chi connectivity index (χ4v) is 3.70. The molecule has 1 aromatic rings. The molecule has 0 radical (unpaired) electrons. The number of hydrogen-bond acceptors (Lipinski definition) is 6. The molecule has 0 aliphatic carbocycles. The van der Waals surface area contributed by atoms with E-state index >= 15 is 0 Å². The first-order valence-corrected chi connectivity index (χ1v) is 11.3. The third-order valence-corrected chi connectivity index (χ3v) is 5.67. The lowest BCUT2D eigenvalue weighted by molar-refractivity contribution is -0.186. The average Bonchev–Trinajstić information content (AvgIpc) is 2.82. The number of hydrogen-bond donors (Lipinski definition) is 2. The third kappa shape index (κ3) is 8.54. The zero-order valence-corrected chi connectivity index (χ0v) is 20.0. The molecule has 1 aliphatic heterocycles. The van der Waals surface area contributed by atoms with Gasteiger partial charge in [0.25, 0.3) is 5.56 Å². The summed E-state index contributed by atoms with van der Waals surface area (Å²) in [6, 6.07) is 1.76. The number of carbonyl (C=O) groups is 4. The van der Waals surface area contributed by atoms with E-state index in [1.807, 2.05) is 0 Å². The second-order valence-electron chi connectivity index (χ2n) is 8.30. The van der Waals surface area contributed by atoms with Gasteiger partial charge in [-0.15, -0.1) is 0 Å². The summed E-state index contributed by atoms with van der Waals surface area (Å²) in [5.41, 5.74) is -0.817. The first-order chi connectivity index (χ1) is 16.9. The van der Waals surface area contributed by atoms with Crippen molar-refractivity contribution < 1.29 is 37.1 Å². The first-order valence-electron chi connectivity index (χ1n) is 11.3. The second-order valence-corrected chi connectivity index (χ2v) is 8.30. The number of methoxy groups -OCH3 is 1. The molecule has 36 heavy (non-hydrogen) atoms. The molecule has 198 valence electrons. The number of allylic oxidation sites excluding steroid dienone is 1. The van der Waals surface area contributed by atoms with Gasteiger partial charge in [0.15, 0.2) is 0 Å². The Balaban J connectivity index is 2.03. The maximum atomic E-state index is 12.8. The molecular formula is C23H29F3N4O6. The van der Waals surface area contributed by atoms with Crippen molar-refractivity contribution in [1.82, 2.24) is 14.8 Å². The van der Waals surface area contributed by atoms with Crippen molar-refractivity contribution in [3.63, 3.8) is 0 Å². The molecule has 1 saturated heterocycles. The monoisotopic (exact) mass is 514 g/mol. The maximum Gasteiger partial charge on any atom is 0.391 e. The Labute approximate surface area is 205 Å². The van der Waals surface area contributed by atoms with Crippen molar-refractivity contribution in [3.05, 3.63) is 40.8 Å². The Morgan fingerprint density at radius 2 is 1.89 bits per heavy atom. The molecular weight excluding hydrogens is 485 g/mol. The van der Waals surface area contributed by atoms with E-state index in [-0.39, 0.29) is 44.5 Å². The van der Waals surface area contributed by atoms with E-state index in [1.54, 1.807) is 0 Å². The summed E-state index contributed by atoms with van der Waals surface area (Å²) >= 11 is 0. The highest BCUT2D eigenvalue weighted by Gasteiger charge is 2.41. The van der Waals surface area contributed by atoms with Crippen LogP contribution in [0.25, 0.3) is 0 Å². The Morgan fingerprint density at radius 1 is 1.22 bits per heavy atom.